The Balaban J connectivity index is 2.24. The number of likely N-dealkylation sites (N-methyl/N-ethyl adjacent to an activating group) is 1. The standard InChI is InChI=1S/C10H21NO/c1-8(2)12-7-10-6-5-9(3)11(10)4/h8-10H,5-7H2,1-4H3/t9-,10+/m1/s1. The Hall–Kier alpha value is -0.0800. The Bertz CT molecular complexity index is 136. The largest absolute Gasteiger partial charge is 0.377 e. The molecule has 12 heavy (non-hydrogen) atoms. The summed E-state index contributed by atoms with van der Waals surface area (Å²) in [6.45, 7) is 7.38. The number of hydrogen-bond donors (Lipinski definition) is 0. The van der Waals surface area contributed by atoms with E-state index in [2.05, 4.69) is 32.7 Å². The summed E-state index contributed by atoms with van der Waals surface area (Å²) in [5, 5.41) is 0. The SMILES string of the molecule is CC(C)OC[C@@H]1CC[C@@H](C)N1C. The van der Waals surface area contributed by atoms with Crippen LogP contribution in [0.2, 0.25) is 0 Å². The van der Waals surface area contributed by atoms with Crippen LogP contribution in [-0.4, -0.2) is 36.7 Å². The highest BCUT2D eigenvalue weighted by atomic mass is 16.5. The van der Waals surface area contributed by atoms with Gasteiger partial charge in [0.2, 0.25) is 0 Å². The molecular weight excluding hydrogens is 150 g/mol. The van der Waals surface area contributed by atoms with E-state index in [1.54, 1.807) is 0 Å². The third kappa shape index (κ3) is 2.46. The molecule has 2 heteroatoms. The van der Waals surface area contributed by atoms with Crippen LogP contribution in [0.15, 0.2) is 0 Å². The van der Waals surface area contributed by atoms with Crippen molar-refractivity contribution in [2.24, 2.45) is 0 Å². The Morgan fingerprint density at radius 1 is 1.42 bits per heavy atom. The van der Waals surface area contributed by atoms with E-state index in [1.165, 1.54) is 12.8 Å². The van der Waals surface area contributed by atoms with E-state index < -0.39 is 0 Å². The van der Waals surface area contributed by atoms with E-state index >= 15 is 0 Å². The Morgan fingerprint density at radius 3 is 2.50 bits per heavy atom. The molecule has 1 fully saturated rings. The highest BCUT2D eigenvalue weighted by Gasteiger charge is 2.27. The lowest BCUT2D eigenvalue weighted by Crippen LogP contribution is -2.34. The number of hydrogen-bond acceptors (Lipinski definition) is 2. The number of ether oxygens (including phenoxy) is 1. The molecule has 1 saturated heterocycles. The van der Waals surface area contributed by atoms with Gasteiger partial charge in [0.15, 0.2) is 0 Å². The number of rotatable bonds is 3. The summed E-state index contributed by atoms with van der Waals surface area (Å²) in [6.07, 6.45) is 2.99. The molecule has 1 heterocycles. The third-order valence-corrected chi connectivity index (χ3v) is 2.81. The van der Waals surface area contributed by atoms with E-state index in [9.17, 15) is 0 Å². The molecule has 1 rings (SSSR count). The normalized spacial score (nSPS) is 31.8. The molecule has 0 spiro atoms. The summed E-state index contributed by atoms with van der Waals surface area (Å²) in [6, 6.07) is 1.40. The maximum absolute atomic E-state index is 5.60. The summed E-state index contributed by atoms with van der Waals surface area (Å²) < 4.78 is 5.60. The van der Waals surface area contributed by atoms with Gasteiger partial charge in [0.05, 0.1) is 12.7 Å². The predicted molar refractivity (Wildman–Crippen MR) is 51.3 cm³/mol. The van der Waals surface area contributed by atoms with Crippen LogP contribution in [0.1, 0.15) is 33.6 Å². The van der Waals surface area contributed by atoms with Crippen molar-refractivity contribution in [1.82, 2.24) is 4.90 Å². The first-order valence-electron chi connectivity index (χ1n) is 4.94. The summed E-state index contributed by atoms with van der Waals surface area (Å²) in [7, 11) is 2.20. The van der Waals surface area contributed by atoms with Crippen molar-refractivity contribution < 1.29 is 4.74 Å². The van der Waals surface area contributed by atoms with Crippen molar-refractivity contribution in [2.45, 2.75) is 51.8 Å². The van der Waals surface area contributed by atoms with Gasteiger partial charge in [-0.25, -0.2) is 0 Å². The summed E-state index contributed by atoms with van der Waals surface area (Å²) in [5.41, 5.74) is 0. The second-order valence-corrected chi connectivity index (χ2v) is 4.13. The van der Waals surface area contributed by atoms with E-state index in [0.29, 0.717) is 12.1 Å². The van der Waals surface area contributed by atoms with Gasteiger partial charge in [-0.05, 0) is 40.7 Å². The average Bonchev–Trinajstić information content (AvgIpc) is 2.30. The molecule has 0 aliphatic carbocycles. The first kappa shape index (κ1) is 10.0. The van der Waals surface area contributed by atoms with Crippen molar-refractivity contribution in [2.75, 3.05) is 13.7 Å². The van der Waals surface area contributed by atoms with Crippen LogP contribution >= 0.6 is 0 Å². The van der Waals surface area contributed by atoms with Crippen molar-refractivity contribution in [1.29, 1.82) is 0 Å². The van der Waals surface area contributed by atoms with Crippen LogP contribution in [0, 0.1) is 0 Å². The summed E-state index contributed by atoms with van der Waals surface area (Å²) >= 11 is 0. The highest BCUT2D eigenvalue weighted by molar-refractivity contribution is 4.82. The van der Waals surface area contributed by atoms with Gasteiger partial charge in [-0.2, -0.15) is 0 Å². The zero-order valence-corrected chi connectivity index (χ0v) is 8.71. The van der Waals surface area contributed by atoms with Crippen LogP contribution in [0.25, 0.3) is 0 Å². The Morgan fingerprint density at radius 2 is 2.08 bits per heavy atom. The van der Waals surface area contributed by atoms with E-state index in [4.69, 9.17) is 4.74 Å². The van der Waals surface area contributed by atoms with Crippen LogP contribution in [0.5, 0.6) is 0 Å². The van der Waals surface area contributed by atoms with E-state index in [1.807, 2.05) is 0 Å². The van der Waals surface area contributed by atoms with Crippen LogP contribution in [0.3, 0.4) is 0 Å². The van der Waals surface area contributed by atoms with Crippen molar-refractivity contribution in [3.63, 3.8) is 0 Å². The lowest BCUT2D eigenvalue weighted by Gasteiger charge is -2.23. The minimum Gasteiger partial charge on any atom is -0.377 e. The molecular formula is C10H21NO. The quantitative estimate of drug-likeness (QED) is 0.643. The molecule has 0 unspecified atom stereocenters. The number of nitrogens with zero attached hydrogens (tertiary/aromatic N) is 1. The maximum Gasteiger partial charge on any atom is 0.0625 e. The van der Waals surface area contributed by atoms with E-state index in [-0.39, 0.29) is 0 Å². The molecule has 0 bridgehead atoms. The summed E-state index contributed by atoms with van der Waals surface area (Å²) in [5.74, 6) is 0. The van der Waals surface area contributed by atoms with Gasteiger partial charge in [-0.15, -0.1) is 0 Å². The molecule has 0 aromatic rings. The molecule has 0 aromatic heterocycles. The third-order valence-electron chi connectivity index (χ3n) is 2.81. The lowest BCUT2D eigenvalue weighted by molar-refractivity contribution is 0.0383. The fraction of sp³-hybridized carbons (Fsp3) is 1.00. The zero-order chi connectivity index (χ0) is 9.14. The first-order chi connectivity index (χ1) is 5.61. The molecule has 2 atom stereocenters. The second-order valence-electron chi connectivity index (χ2n) is 4.13. The van der Waals surface area contributed by atoms with E-state index in [0.717, 1.165) is 12.6 Å². The zero-order valence-electron chi connectivity index (χ0n) is 8.71. The molecule has 0 amide bonds. The minimum absolute atomic E-state index is 0.370. The molecule has 0 N–H and O–H groups in total. The van der Waals surface area contributed by atoms with Crippen LogP contribution in [-0.2, 0) is 4.74 Å². The van der Waals surface area contributed by atoms with Gasteiger partial charge in [-0.1, -0.05) is 0 Å². The second kappa shape index (κ2) is 4.24. The number of likely N-dealkylation sites (tertiary alicyclic amines) is 1. The van der Waals surface area contributed by atoms with Crippen molar-refractivity contribution in [3.8, 4) is 0 Å². The maximum atomic E-state index is 5.60. The molecule has 72 valence electrons. The predicted octanol–water partition coefficient (Wildman–Crippen LogP) is 1.89. The van der Waals surface area contributed by atoms with Gasteiger partial charge in [0.1, 0.15) is 0 Å². The van der Waals surface area contributed by atoms with Gasteiger partial charge in [0.25, 0.3) is 0 Å². The molecule has 0 saturated carbocycles. The van der Waals surface area contributed by atoms with Crippen molar-refractivity contribution >= 4 is 0 Å². The highest BCUT2D eigenvalue weighted by Crippen LogP contribution is 2.21. The molecule has 0 aromatic carbocycles. The topological polar surface area (TPSA) is 12.5 Å². The summed E-state index contributed by atoms with van der Waals surface area (Å²) in [4.78, 5) is 2.43. The van der Waals surface area contributed by atoms with Crippen LogP contribution < -0.4 is 0 Å². The minimum atomic E-state index is 0.370. The lowest BCUT2D eigenvalue weighted by atomic mass is 10.2. The first-order valence-corrected chi connectivity index (χ1v) is 4.94. The molecule has 0 radical (unpaired) electrons. The smallest absolute Gasteiger partial charge is 0.0625 e. The molecule has 1 aliphatic rings. The Kier molecular flexibility index (Phi) is 3.53. The Labute approximate surface area is 75.9 Å². The molecule has 1 aliphatic heterocycles. The van der Waals surface area contributed by atoms with Gasteiger partial charge >= 0.3 is 0 Å². The van der Waals surface area contributed by atoms with Gasteiger partial charge < -0.3 is 4.74 Å². The molecule has 2 nitrogen and oxygen atoms in total. The fourth-order valence-electron chi connectivity index (χ4n) is 1.71. The van der Waals surface area contributed by atoms with Crippen LogP contribution in [0.4, 0.5) is 0 Å². The van der Waals surface area contributed by atoms with Crippen molar-refractivity contribution in [3.05, 3.63) is 0 Å². The average molecular weight is 171 g/mol. The van der Waals surface area contributed by atoms with Gasteiger partial charge in [0, 0.05) is 12.1 Å². The van der Waals surface area contributed by atoms with Gasteiger partial charge in [-0.3, -0.25) is 4.90 Å². The monoisotopic (exact) mass is 171 g/mol. The fourth-order valence-corrected chi connectivity index (χ4v) is 1.71.